The van der Waals surface area contributed by atoms with E-state index in [1.165, 1.54) is 31.2 Å². The predicted octanol–water partition coefficient (Wildman–Crippen LogP) is 3.29. The van der Waals surface area contributed by atoms with E-state index in [1.54, 1.807) is 6.92 Å². The van der Waals surface area contributed by atoms with Gasteiger partial charge in [-0.05, 0) is 36.5 Å². The number of benzene rings is 1. The van der Waals surface area contributed by atoms with Crippen LogP contribution in [-0.2, 0) is 4.79 Å². The summed E-state index contributed by atoms with van der Waals surface area (Å²) in [5.74, 6) is 7.62. The lowest BCUT2D eigenvalue weighted by atomic mass is 9.74. The first kappa shape index (κ1) is 20.9. The second kappa shape index (κ2) is 9.58. The fourth-order valence-electron chi connectivity index (χ4n) is 4.74. The minimum atomic E-state index is -0.143. The molecule has 4 heteroatoms. The maximum Gasteiger partial charge on any atom is 0.220 e. The van der Waals surface area contributed by atoms with E-state index in [0.717, 1.165) is 24.4 Å². The number of amides is 1. The van der Waals surface area contributed by atoms with E-state index in [2.05, 4.69) is 55.3 Å². The first-order chi connectivity index (χ1) is 13.5. The molecule has 1 aromatic rings. The van der Waals surface area contributed by atoms with Crippen molar-refractivity contribution in [3.63, 3.8) is 0 Å². The fraction of sp³-hybridized carbons (Fsp3) is 0.625. The van der Waals surface area contributed by atoms with Crippen molar-refractivity contribution in [1.82, 2.24) is 10.2 Å². The Morgan fingerprint density at radius 1 is 1.21 bits per heavy atom. The van der Waals surface area contributed by atoms with Gasteiger partial charge in [-0.25, -0.2) is 0 Å². The van der Waals surface area contributed by atoms with E-state index in [4.69, 9.17) is 0 Å². The zero-order valence-corrected chi connectivity index (χ0v) is 17.4. The van der Waals surface area contributed by atoms with Gasteiger partial charge < -0.3 is 15.3 Å². The van der Waals surface area contributed by atoms with Gasteiger partial charge in [-0.1, -0.05) is 50.7 Å². The summed E-state index contributed by atoms with van der Waals surface area (Å²) in [6, 6.07) is 8.69. The monoisotopic (exact) mass is 382 g/mol. The highest BCUT2D eigenvalue weighted by Crippen LogP contribution is 2.40. The third-order valence-corrected chi connectivity index (χ3v) is 6.22. The number of hydrogen-bond acceptors (Lipinski definition) is 3. The molecule has 3 rings (SSSR count). The van der Waals surface area contributed by atoms with E-state index < -0.39 is 0 Å². The van der Waals surface area contributed by atoms with Crippen LogP contribution < -0.4 is 5.32 Å². The summed E-state index contributed by atoms with van der Waals surface area (Å²) >= 11 is 0. The summed E-state index contributed by atoms with van der Waals surface area (Å²) in [4.78, 5) is 13.9. The molecule has 1 aliphatic heterocycles. The predicted molar refractivity (Wildman–Crippen MR) is 113 cm³/mol. The molecule has 0 unspecified atom stereocenters. The number of aliphatic hydroxyl groups is 1. The molecule has 1 aromatic carbocycles. The summed E-state index contributed by atoms with van der Waals surface area (Å²) in [6.45, 7) is 6.53. The van der Waals surface area contributed by atoms with Crippen molar-refractivity contribution >= 4 is 5.91 Å². The number of nitrogens with one attached hydrogen (secondary N) is 1. The third-order valence-electron chi connectivity index (χ3n) is 6.22. The fourth-order valence-corrected chi connectivity index (χ4v) is 4.74. The SMILES string of the molecule is CC(=O)N1[C@H](CO)[C@H](c2ccc(C#CCC3CCCC3)cc2)[C@@H]1CNC(C)C. The summed E-state index contributed by atoms with van der Waals surface area (Å²) in [6.07, 6.45) is 6.39. The maximum atomic E-state index is 12.1. The zero-order valence-electron chi connectivity index (χ0n) is 17.4. The van der Waals surface area contributed by atoms with Crippen molar-refractivity contribution in [2.24, 2.45) is 5.92 Å². The molecule has 0 radical (unpaired) electrons. The molecule has 2 aliphatic rings. The Morgan fingerprint density at radius 3 is 2.46 bits per heavy atom. The van der Waals surface area contributed by atoms with Gasteiger partial charge >= 0.3 is 0 Å². The zero-order chi connectivity index (χ0) is 20.1. The number of likely N-dealkylation sites (tertiary alicyclic amines) is 1. The van der Waals surface area contributed by atoms with E-state index >= 15 is 0 Å². The second-order valence-electron chi connectivity index (χ2n) is 8.61. The van der Waals surface area contributed by atoms with Crippen LogP contribution in [0.4, 0.5) is 0 Å². The lowest BCUT2D eigenvalue weighted by Gasteiger charge is -2.55. The summed E-state index contributed by atoms with van der Waals surface area (Å²) in [5, 5.41) is 13.3. The Bertz CT molecular complexity index is 710. The quantitative estimate of drug-likeness (QED) is 0.743. The number of carbonyl (C=O) groups is 1. The lowest BCUT2D eigenvalue weighted by Crippen LogP contribution is -2.68. The van der Waals surface area contributed by atoms with Gasteiger partial charge in [-0.15, -0.1) is 0 Å². The number of aliphatic hydroxyl groups excluding tert-OH is 1. The molecule has 152 valence electrons. The largest absolute Gasteiger partial charge is 0.394 e. The van der Waals surface area contributed by atoms with Crippen LogP contribution in [0.15, 0.2) is 24.3 Å². The molecule has 4 nitrogen and oxygen atoms in total. The van der Waals surface area contributed by atoms with Crippen LogP contribution in [0.3, 0.4) is 0 Å². The topological polar surface area (TPSA) is 52.6 Å². The highest BCUT2D eigenvalue weighted by molar-refractivity contribution is 5.76. The van der Waals surface area contributed by atoms with Crippen molar-refractivity contribution in [1.29, 1.82) is 0 Å². The Balaban J connectivity index is 1.69. The Hall–Kier alpha value is -1.83. The Kier molecular flexibility index (Phi) is 7.15. The molecular weight excluding hydrogens is 348 g/mol. The maximum absolute atomic E-state index is 12.1. The van der Waals surface area contributed by atoms with Crippen LogP contribution in [0.2, 0.25) is 0 Å². The van der Waals surface area contributed by atoms with Gasteiger partial charge in [0.1, 0.15) is 0 Å². The molecule has 1 amide bonds. The molecule has 3 atom stereocenters. The number of carbonyl (C=O) groups excluding carboxylic acids is 1. The van der Waals surface area contributed by atoms with Gasteiger partial charge in [0, 0.05) is 37.4 Å². The number of hydrogen-bond donors (Lipinski definition) is 2. The minimum Gasteiger partial charge on any atom is -0.394 e. The summed E-state index contributed by atoms with van der Waals surface area (Å²) in [7, 11) is 0. The molecule has 0 aromatic heterocycles. The van der Waals surface area contributed by atoms with E-state index in [9.17, 15) is 9.90 Å². The molecule has 2 fully saturated rings. The standard InChI is InChI=1S/C24H34N2O2/c1-17(2)25-15-22-24(23(16-27)26(22)18(3)28)21-13-11-20(12-14-21)10-6-9-19-7-4-5-8-19/h11-14,17,19,22-25,27H,4-5,7-9,15-16H2,1-3H3/t22-,23+,24+/m0/s1. The van der Waals surface area contributed by atoms with Crippen LogP contribution in [0.1, 0.15) is 69.9 Å². The van der Waals surface area contributed by atoms with Gasteiger partial charge in [-0.3, -0.25) is 4.79 Å². The smallest absolute Gasteiger partial charge is 0.220 e. The van der Waals surface area contributed by atoms with Gasteiger partial charge in [0.2, 0.25) is 5.91 Å². The van der Waals surface area contributed by atoms with Crippen LogP contribution in [0.5, 0.6) is 0 Å². The van der Waals surface area contributed by atoms with Gasteiger partial charge in [0.05, 0.1) is 18.7 Å². The van der Waals surface area contributed by atoms with Crippen LogP contribution in [0.25, 0.3) is 0 Å². The van der Waals surface area contributed by atoms with E-state index in [1.807, 2.05) is 4.90 Å². The van der Waals surface area contributed by atoms with E-state index in [-0.39, 0.29) is 30.5 Å². The van der Waals surface area contributed by atoms with Crippen LogP contribution >= 0.6 is 0 Å². The van der Waals surface area contributed by atoms with E-state index in [0.29, 0.717) is 6.04 Å². The van der Waals surface area contributed by atoms with Crippen molar-refractivity contribution in [3.8, 4) is 11.8 Å². The van der Waals surface area contributed by atoms with Gasteiger partial charge in [0.15, 0.2) is 0 Å². The summed E-state index contributed by atoms with van der Waals surface area (Å²) < 4.78 is 0. The highest BCUT2D eigenvalue weighted by Gasteiger charge is 2.49. The summed E-state index contributed by atoms with van der Waals surface area (Å²) in [5.41, 5.74) is 2.22. The van der Waals surface area contributed by atoms with Crippen molar-refractivity contribution in [2.45, 2.75) is 76.9 Å². The van der Waals surface area contributed by atoms with Gasteiger partial charge in [0.25, 0.3) is 0 Å². The normalized spacial score (nSPS) is 24.8. The Morgan fingerprint density at radius 2 is 1.89 bits per heavy atom. The van der Waals surface area contributed by atoms with Crippen molar-refractivity contribution < 1.29 is 9.90 Å². The average molecular weight is 383 g/mol. The molecule has 2 N–H and O–H groups in total. The first-order valence-electron chi connectivity index (χ1n) is 10.7. The molecule has 0 spiro atoms. The number of rotatable bonds is 6. The highest BCUT2D eigenvalue weighted by atomic mass is 16.3. The molecular formula is C24H34N2O2. The molecule has 1 saturated heterocycles. The molecule has 1 saturated carbocycles. The molecule has 1 aliphatic carbocycles. The van der Waals surface area contributed by atoms with Crippen LogP contribution in [-0.4, -0.2) is 47.2 Å². The molecule has 28 heavy (non-hydrogen) atoms. The van der Waals surface area contributed by atoms with Crippen molar-refractivity contribution in [3.05, 3.63) is 35.4 Å². The molecule has 1 heterocycles. The third kappa shape index (κ3) is 4.77. The lowest BCUT2D eigenvalue weighted by molar-refractivity contribution is -0.147. The van der Waals surface area contributed by atoms with Gasteiger partial charge in [-0.2, -0.15) is 0 Å². The van der Waals surface area contributed by atoms with Crippen molar-refractivity contribution in [2.75, 3.05) is 13.2 Å². The first-order valence-corrected chi connectivity index (χ1v) is 10.7. The second-order valence-corrected chi connectivity index (χ2v) is 8.61. The molecule has 0 bridgehead atoms. The minimum absolute atomic E-state index is 0.00856. The van der Waals surface area contributed by atoms with Crippen LogP contribution in [0, 0.1) is 17.8 Å². The Labute approximate surface area is 169 Å². The number of nitrogens with zero attached hydrogens (tertiary/aromatic N) is 1. The average Bonchev–Trinajstić information content (AvgIpc) is 3.15.